The summed E-state index contributed by atoms with van der Waals surface area (Å²) in [4.78, 5) is 18.7. The number of nitrogens with zero attached hydrogens (tertiary/aromatic N) is 3. The van der Waals surface area contributed by atoms with Gasteiger partial charge in [0.2, 0.25) is 17.6 Å². The first-order chi connectivity index (χ1) is 12.5. The molecule has 1 unspecified atom stereocenters. The molecule has 0 bridgehead atoms. The third-order valence-corrected chi connectivity index (χ3v) is 4.89. The van der Waals surface area contributed by atoms with Crippen LogP contribution in [0.1, 0.15) is 29.4 Å². The summed E-state index contributed by atoms with van der Waals surface area (Å²) in [5, 5.41) is 4.73. The highest BCUT2D eigenvalue weighted by Gasteiger charge is 2.35. The molecule has 1 amide bonds. The number of benzene rings is 2. The summed E-state index contributed by atoms with van der Waals surface area (Å²) < 4.78 is 5.48. The van der Waals surface area contributed by atoms with Crippen LogP contribution in [0.25, 0.3) is 11.4 Å². The molecular formula is C20H18ClN3O2. The van der Waals surface area contributed by atoms with Crippen LogP contribution in [-0.2, 0) is 4.79 Å². The highest BCUT2D eigenvalue weighted by atomic mass is 35.5. The molecule has 5 nitrogen and oxygen atoms in total. The minimum absolute atomic E-state index is 0.0310. The van der Waals surface area contributed by atoms with Crippen molar-refractivity contribution in [3.63, 3.8) is 0 Å². The van der Waals surface area contributed by atoms with Gasteiger partial charge in [0.05, 0.1) is 5.92 Å². The molecule has 132 valence electrons. The predicted molar refractivity (Wildman–Crippen MR) is 100 cm³/mol. The molecule has 0 radical (unpaired) electrons. The lowest BCUT2D eigenvalue weighted by molar-refractivity contribution is -0.117. The van der Waals surface area contributed by atoms with Crippen LogP contribution < -0.4 is 4.90 Å². The number of amides is 1. The number of carbonyl (C=O) groups excluding carboxylic acids is 1. The molecule has 26 heavy (non-hydrogen) atoms. The van der Waals surface area contributed by atoms with Gasteiger partial charge in [-0.15, -0.1) is 0 Å². The third-order valence-electron chi connectivity index (χ3n) is 4.66. The lowest BCUT2D eigenvalue weighted by Crippen LogP contribution is -2.24. The van der Waals surface area contributed by atoms with E-state index in [1.165, 1.54) is 5.56 Å². The van der Waals surface area contributed by atoms with Gasteiger partial charge < -0.3 is 9.42 Å². The van der Waals surface area contributed by atoms with E-state index in [2.05, 4.69) is 16.2 Å². The lowest BCUT2D eigenvalue weighted by atomic mass is 10.1. The van der Waals surface area contributed by atoms with Gasteiger partial charge in [-0.05, 0) is 37.6 Å². The molecule has 1 saturated heterocycles. The topological polar surface area (TPSA) is 59.2 Å². The van der Waals surface area contributed by atoms with Crippen molar-refractivity contribution in [1.29, 1.82) is 0 Å². The Kier molecular flexibility index (Phi) is 4.24. The molecule has 6 heteroatoms. The summed E-state index contributed by atoms with van der Waals surface area (Å²) in [5.74, 6) is 0.973. The number of aryl methyl sites for hydroxylation is 2. The monoisotopic (exact) mass is 367 g/mol. The Morgan fingerprint density at radius 1 is 1.19 bits per heavy atom. The second-order valence-corrected chi connectivity index (χ2v) is 7.10. The van der Waals surface area contributed by atoms with Crippen LogP contribution in [-0.4, -0.2) is 22.6 Å². The Labute approximate surface area is 156 Å². The molecule has 1 aliphatic heterocycles. The van der Waals surface area contributed by atoms with E-state index in [-0.39, 0.29) is 11.8 Å². The molecule has 1 aliphatic rings. The zero-order chi connectivity index (χ0) is 18.3. The average molecular weight is 368 g/mol. The minimum atomic E-state index is -0.117. The molecule has 2 heterocycles. The van der Waals surface area contributed by atoms with Crippen molar-refractivity contribution in [2.24, 2.45) is 0 Å². The highest BCUT2D eigenvalue weighted by Crippen LogP contribution is 2.33. The number of hydrogen-bond donors (Lipinski definition) is 0. The molecule has 4 rings (SSSR count). The van der Waals surface area contributed by atoms with Crippen LogP contribution >= 0.6 is 11.6 Å². The number of rotatable bonds is 3. The zero-order valence-electron chi connectivity index (χ0n) is 14.6. The Bertz CT molecular complexity index is 983. The van der Waals surface area contributed by atoms with Gasteiger partial charge in [0.1, 0.15) is 0 Å². The summed E-state index contributed by atoms with van der Waals surface area (Å²) >= 11 is 6.04. The van der Waals surface area contributed by atoms with Crippen LogP contribution in [0.15, 0.2) is 47.0 Å². The molecule has 0 spiro atoms. The maximum Gasteiger partial charge on any atom is 0.232 e. The molecule has 0 saturated carbocycles. The van der Waals surface area contributed by atoms with E-state index in [0.717, 1.165) is 16.8 Å². The van der Waals surface area contributed by atoms with Gasteiger partial charge in [0, 0.05) is 29.2 Å². The third kappa shape index (κ3) is 3.10. The molecule has 0 aliphatic carbocycles. The van der Waals surface area contributed by atoms with Crippen molar-refractivity contribution in [2.75, 3.05) is 11.4 Å². The first-order valence-corrected chi connectivity index (χ1v) is 8.86. The zero-order valence-corrected chi connectivity index (χ0v) is 15.3. The molecule has 1 fully saturated rings. The fourth-order valence-electron chi connectivity index (χ4n) is 3.34. The second kappa shape index (κ2) is 6.57. The Balaban J connectivity index is 1.58. The lowest BCUT2D eigenvalue weighted by Gasteiger charge is -2.16. The van der Waals surface area contributed by atoms with Crippen molar-refractivity contribution < 1.29 is 9.32 Å². The van der Waals surface area contributed by atoms with Crippen molar-refractivity contribution in [3.05, 3.63) is 64.5 Å². The second-order valence-electron chi connectivity index (χ2n) is 6.66. The summed E-state index contributed by atoms with van der Waals surface area (Å²) in [6.07, 6.45) is 0.348. The Morgan fingerprint density at radius 2 is 2.04 bits per heavy atom. The predicted octanol–water partition coefficient (Wildman–Crippen LogP) is 4.53. The van der Waals surface area contributed by atoms with E-state index in [1.54, 1.807) is 17.0 Å². The smallest absolute Gasteiger partial charge is 0.232 e. The molecule has 1 aromatic heterocycles. The Hall–Kier alpha value is -2.66. The fraction of sp³-hybridized carbons (Fsp3) is 0.250. The number of anilines is 1. The molecule has 1 atom stereocenters. The average Bonchev–Trinajstić information content (AvgIpc) is 3.21. The van der Waals surface area contributed by atoms with Crippen molar-refractivity contribution in [3.8, 4) is 11.4 Å². The van der Waals surface area contributed by atoms with Crippen LogP contribution in [0.2, 0.25) is 5.02 Å². The molecule has 0 N–H and O–H groups in total. The standard InChI is InChI=1S/C20H18ClN3O2/c1-12-6-7-17(13(2)8-12)19-22-20(26-23-19)14-9-18(25)24(11-14)16-5-3-4-15(21)10-16/h3-8,10,14H,9,11H2,1-2H3. The SMILES string of the molecule is Cc1ccc(-c2noc(C3CC(=O)N(c4cccc(Cl)c4)C3)n2)c(C)c1. The van der Waals surface area contributed by atoms with E-state index in [0.29, 0.717) is 29.7 Å². The van der Waals surface area contributed by atoms with Crippen LogP contribution in [0.3, 0.4) is 0 Å². The van der Waals surface area contributed by atoms with E-state index >= 15 is 0 Å². The first-order valence-electron chi connectivity index (χ1n) is 8.48. The van der Waals surface area contributed by atoms with Crippen LogP contribution in [0, 0.1) is 13.8 Å². The number of halogens is 1. The van der Waals surface area contributed by atoms with Crippen molar-refractivity contribution >= 4 is 23.2 Å². The maximum atomic E-state index is 12.4. The van der Waals surface area contributed by atoms with Gasteiger partial charge in [0.15, 0.2) is 0 Å². The van der Waals surface area contributed by atoms with E-state index < -0.39 is 0 Å². The van der Waals surface area contributed by atoms with E-state index in [1.807, 2.05) is 38.1 Å². The molecular weight excluding hydrogens is 350 g/mol. The van der Waals surface area contributed by atoms with E-state index in [4.69, 9.17) is 16.1 Å². The first kappa shape index (κ1) is 16.8. The van der Waals surface area contributed by atoms with Crippen LogP contribution in [0.4, 0.5) is 5.69 Å². The molecule has 3 aromatic rings. The van der Waals surface area contributed by atoms with Gasteiger partial charge in [-0.3, -0.25) is 4.79 Å². The van der Waals surface area contributed by atoms with Crippen molar-refractivity contribution in [1.82, 2.24) is 10.1 Å². The Morgan fingerprint density at radius 3 is 2.81 bits per heavy atom. The maximum absolute atomic E-state index is 12.4. The van der Waals surface area contributed by atoms with Gasteiger partial charge in [-0.2, -0.15) is 4.98 Å². The number of aromatic nitrogens is 2. The quantitative estimate of drug-likeness (QED) is 0.682. The summed E-state index contributed by atoms with van der Waals surface area (Å²) in [7, 11) is 0. The van der Waals surface area contributed by atoms with Gasteiger partial charge in [-0.25, -0.2) is 0 Å². The van der Waals surface area contributed by atoms with E-state index in [9.17, 15) is 4.79 Å². The number of hydrogen-bond acceptors (Lipinski definition) is 4. The highest BCUT2D eigenvalue weighted by molar-refractivity contribution is 6.30. The summed E-state index contributed by atoms with van der Waals surface area (Å²) in [5.41, 5.74) is 4.02. The van der Waals surface area contributed by atoms with Crippen molar-refractivity contribution in [2.45, 2.75) is 26.2 Å². The van der Waals surface area contributed by atoms with Gasteiger partial charge in [0.25, 0.3) is 0 Å². The van der Waals surface area contributed by atoms with Crippen LogP contribution in [0.5, 0.6) is 0 Å². The molecule has 2 aromatic carbocycles. The summed E-state index contributed by atoms with van der Waals surface area (Å²) in [6, 6.07) is 13.4. The minimum Gasteiger partial charge on any atom is -0.339 e. The normalized spacial score (nSPS) is 17.1. The summed E-state index contributed by atoms with van der Waals surface area (Å²) in [6.45, 7) is 4.58. The number of carbonyl (C=O) groups is 1. The fourth-order valence-corrected chi connectivity index (χ4v) is 3.53. The largest absolute Gasteiger partial charge is 0.339 e. The van der Waals surface area contributed by atoms with Gasteiger partial charge >= 0.3 is 0 Å². The van der Waals surface area contributed by atoms with Gasteiger partial charge in [-0.1, -0.05) is 46.6 Å².